The molecule has 1 saturated heterocycles. The standard InChI is InChI=1S/C17H26N2O/c1-11-8-12(2)16(13(3)9-11)17(20)19-7-6-15(18-5)14(4)10-19/h8-9,14-15,18H,6-7,10H2,1-5H3. The van der Waals surface area contributed by atoms with Crippen LogP contribution < -0.4 is 5.32 Å². The molecule has 0 aromatic heterocycles. The largest absolute Gasteiger partial charge is 0.338 e. The molecular weight excluding hydrogens is 248 g/mol. The number of aryl methyl sites for hydroxylation is 3. The van der Waals surface area contributed by atoms with Gasteiger partial charge in [-0.3, -0.25) is 4.79 Å². The smallest absolute Gasteiger partial charge is 0.254 e. The van der Waals surface area contributed by atoms with Crippen molar-refractivity contribution in [2.45, 2.75) is 40.2 Å². The lowest BCUT2D eigenvalue weighted by molar-refractivity contribution is 0.0648. The van der Waals surface area contributed by atoms with Gasteiger partial charge in [0.15, 0.2) is 0 Å². The van der Waals surface area contributed by atoms with Crippen molar-refractivity contribution in [3.05, 3.63) is 34.4 Å². The minimum atomic E-state index is 0.196. The van der Waals surface area contributed by atoms with E-state index in [1.165, 1.54) is 5.56 Å². The summed E-state index contributed by atoms with van der Waals surface area (Å²) in [7, 11) is 2.01. The number of nitrogens with zero attached hydrogens (tertiary/aromatic N) is 1. The molecule has 1 aromatic rings. The molecule has 2 atom stereocenters. The number of carbonyl (C=O) groups is 1. The first-order valence-corrected chi connectivity index (χ1v) is 7.48. The highest BCUT2D eigenvalue weighted by molar-refractivity contribution is 5.97. The first-order valence-electron chi connectivity index (χ1n) is 7.48. The molecule has 1 aliphatic heterocycles. The maximum absolute atomic E-state index is 12.8. The van der Waals surface area contributed by atoms with E-state index in [0.29, 0.717) is 12.0 Å². The van der Waals surface area contributed by atoms with Crippen LogP contribution in [0.4, 0.5) is 0 Å². The van der Waals surface area contributed by atoms with E-state index in [1.807, 2.05) is 25.8 Å². The Bertz CT molecular complexity index is 487. The zero-order valence-corrected chi connectivity index (χ0v) is 13.3. The van der Waals surface area contributed by atoms with Gasteiger partial charge in [0.05, 0.1) is 0 Å². The molecule has 3 heteroatoms. The lowest BCUT2D eigenvalue weighted by Crippen LogP contribution is -2.49. The van der Waals surface area contributed by atoms with Gasteiger partial charge in [-0.25, -0.2) is 0 Å². The van der Waals surface area contributed by atoms with Gasteiger partial charge in [-0.1, -0.05) is 24.6 Å². The zero-order valence-electron chi connectivity index (χ0n) is 13.3. The maximum Gasteiger partial charge on any atom is 0.254 e. The number of nitrogens with one attached hydrogen (secondary N) is 1. The zero-order chi connectivity index (χ0) is 14.9. The second kappa shape index (κ2) is 5.96. The molecule has 1 amide bonds. The number of hydrogen-bond donors (Lipinski definition) is 1. The van der Waals surface area contributed by atoms with E-state index in [-0.39, 0.29) is 5.91 Å². The van der Waals surface area contributed by atoms with Gasteiger partial charge in [-0.2, -0.15) is 0 Å². The van der Waals surface area contributed by atoms with Crippen LogP contribution in [-0.4, -0.2) is 37.0 Å². The number of amides is 1. The fourth-order valence-electron chi connectivity index (χ4n) is 3.43. The van der Waals surface area contributed by atoms with Crippen LogP contribution in [-0.2, 0) is 0 Å². The second-order valence-corrected chi connectivity index (χ2v) is 6.19. The SMILES string of the molecule is CNC1CCN(C(=O)c2c(C)cc(C)cc2C)CC1C. The van der Waals surface area contributed by atoms with Gasteiger partial charge in [-0.05, 0) is 51.3 Å². The highest BCUT2D eigenvalue weighted by atomic mass is 16.2. The van der Waals surface area contributed by atoms with Crippen molar-refractivity contribution >= 4 is 5.91 Å². The van der Waals surface area contributed by atoms with Crippen molar-refractivity contribution in [1.82, 2.24) is 10.2 Å². The Morgan fingerprint density at radius 3 is 2.35 bits per heavy atom. The van der Waals surface area contributed by atoms with Crippen molar-refractivity contribution in [3.8, 4) is 0 Å². The number of piperidine rings is 1. The second-order valence-electron chi connectivity index (χ2n) is 6.19. The summed E-state index contributed by atoms with van der Waals surface area (Å²) >= 11 is 0. The number of likely N-dealkylation sites (tertiary alicyclic amines) is 1. The summed E-state index contributed by atoms with van der Waals surface area (Å²) in [5, 5.41) is 3.35. The summed E-state index contributed by atoms with van der Waals surface area (Å²) in [5.74, 6) is 0.699. The highest BCUT2D eigenvalue weighted by Gasteiger charge is 2.29. The van der Waals surface area contributed by atoms with Gasteiger partial charge in [0.25, 0.3) is 5.91 Å². The van der Waals surface area contributed by atoms with Crippen LogP contribution in [0.3, 0.4) is 0 Å². The number of hydrogen-bond acceptors (Lipinski definition) is 2. The van der Waals surface area contributed by atoms with Crippen LogP contribution in [0, 0.1) is 26.7 Å². The fraction of sp³-hybridized carbons (Fsp3) is 0.588. The Morgan fingerprint density at radius 2 is 1.85 bits per heavy atom. The molecule has 2 unspecified atom stereocenters. The predicted octanol–water partition coefficient (Wildman–Crippen LogP) is 2.68. The summed E-state index contributed by atoms with van der Waals surface area (Å²) in [4.78, 5) is 14.8. The summed E-state index contributed by atoms with van der Waals surface area (Å²) in [6, 6.07) is 4.73. The van der Waals surface area contributed by atoms with E-state index in [0.717, 1.165) is 36.2 Å². The average molecular weight is 274 g/mol. The first-order chi connectivity index (χ1) is 9.43. The fourth-order valence-corrected chi connectivity index (χ4v) is 3.43. The molecule has 0 bridgehead atoms. The highest BCUT2D eigenvalue weighted by Crippen LogP contribution is 2.22. The van der Waals surface area contributed by atoms with Crippen LogP contribution in [0.15, 0.2) is 12.1 Å². The lowest BCUT2D eigenvalue weighted by atomic mass is 9.92. The van der Waals surface area contributed by atoms with Crippen LogP contribution >= 0.6 is 0 Å². The predicted molar refractivity (Wildman–Crippen MR) is 83.2 cm³/mol. The van der Waals surface area contributed by atoms with E-state index < -0.39 is 0 Å². The van der Waals surface area contributed by atoms with Crippen molar-refractivity contribution < 1.29 is 4.79 Å². The summed E-state index contributed by atoms with van der Waals surface area (Å²) in [6.45, 7) is 10.1. The van der Waals surface area contributed by atoms with Crippen molar-refractivity contribution in [3.63, 3.8) is 0 Å². The van der Waals surface area contributed by atoms with Crippen LogP contribution in [0.5, 0.6) is 0 Å². The number of carbonyl (C=O) groups excluding carboxylic acids is 1. The van der Waals surface area contributed by atoms with E-state index in [9.17, 15) is 4.79 Å². The summed E-state index contributed by atoms with van der Waals surface area (Å²) < 4.78 is 0. The molecule has 0 saturated carbocycles. The molecule has 20 heavy (non-hydrogen) atoms. The molecule has 2 rings (SSSR count). The van der Waals surface area contributed by atoms with Crippen LogP contribution in [0.25, 0.3) is 0 Å². The van der Waals surface area contributed by atoms with Gasteiger partial charge in [-0.15, -0.1) is 0 Å². The van der Waals surface area contributed by atoms with Crippen LogP contribution in [0.1, 0.15) is 40.4 Å². The molecule has 0 radical (unpaired) electrons. The molecule has 3 nitrogen and oxygen atoms in total. The third-order valence-corrected chi connectivity index (χ3v) is 4.45. The monoisotopic (exact) mass is 274 g/mol. The Labute approximate surface area is 122 Å². The van der Waals surface area contributed by atoms with Gasteiger partial charge < -0.3 is 10.2 Å². The molecule has 1 aromatic carbocycles. The molecule has 1 heterocycles. The van der Waals surface area contributed by atoms with E-state index in [1.54, 1.807) is 0 Å². The summed E-state index contributed by atoms with van der Waals surface area (Å²) in [6.07, 6.45) is 1.04. The van der Waals surface area contributed by atoms with Gasteiger partial charge >= 0.3 is 0 Å². The van der Waals surface area contributed by atoms with E-state index in [4.69, 9.17) is 0 Å². The number of rotatable bonds is 2. The van der Waals surface area contributed by atoms with E-state index >= 15 is 0 Å². The Morgan fingerprint density at radius 1 is 1.25 bits per heavy atom. The van der Waals surface area contributed by atoms with Gasteiger partial charge in [0.1, 0.15) is 0 Å². The molecule has 0 spiro atoms. The van der Waals surface area contributed by atoms with Crippen molar-refractivity contribution in [2.24, 2.45) is 5.92 Å². The Balaban J connectivity index is 2.21. The molecule has 1 aliphatic rings. The Kier molecular flexibility index (Phi) is 4.48. The molecule has 110 valence electrons. The van der Waals surface area contributed by atoms with Gasteiger partial charge in [0, 0.05) is 24.7 Å². The van der Waals surface area contributed by atoms with Crippen molar-refractivity contribution in [2.75, 3.05) is 20.1 Å². The Hall–Kier alpha value is -1.35. The topological polar surface area (TPSA) is 32.3 Å². The van der Waals surface area contributed by atoms with Crippen molar-refractivity contribution in [1.29, 1.82) is 0 Å². The first kappa shape index (κ1) is 15.0. The quantitative estimate of drug-likeness (QED) is 0.899. The molecule has 0 aliphatic carbocycles. The third kappa shape index (κ3) is 2.88. The molecule has 1 fully saturated rings. The normalized spacial score (nSPS) is 22.9. The maximum atomic E-state index is 12.8. The van der Waals surface area contributed by atoms with E-state index in [2.05, 4.69) is 31.3 Å². The van der Waals surface area contributed by atoms with Crippen LogP contribution in [0.2, 0.25) is 0 Å². The molecular formula is C17H26N2O. The van der Waals surface area contributed by atoms with Gasteiger partial charge in [0.2, 0.25) is 0 Å². The minimum absolute atomic E-state index is 0.196. The lowest BCUT2D eigenvalue weighted by Gasteiger charge is -2.37. The average Bonchev–Trinajstić information content (AvgIpc) is 2.37. The third-order valence-electron chi connectivity index (χ3n) is 4.45. The minimum Gasteiger partial charge on any atom is -0.338 e. The molecule has 1 N–H and O–H groups in total. The number of benzene rings is 1. The summed E-state index contributed by atoms with van der Waals surface area (Å²) in [5.41, 5.74) is 4.30.